The topological polar surface area (TPSA) is 12.0 Å². The first-order chi connectivity index (χ1) is 4.43. The fourth-order valence-electron chi connectivity index (χ4n) is 0.762. The van der Waals surface area contributed by atoms with E-state index >= 15 is 0 Å². The summed E-state index contributed by atoms with van der Waals surface area (Å²) in [5.41, 5.74) is 0. The summed E-state index contributed by atoms with van der Waals surface area (Å²) < 4.78 is 0. The van der Waals surface area contributed by atoms with Crippen LogP contribution in [0.1, 0.15) is 6.42 Å². The maximum absolute atomic E-state index is 3.24. The largest absolute Gasteiger partial charge is 0.316 e. The van der Waals surface area contributed by atoms with Gasteiger partial charge in [-0.2, -0.15) is 11.8 Å². The van der Waals surface area contributed by atoms with Crippen LogP contribution in [0.4, 0.5) is 0 Å². The van der Waals surface area contributed by atoms with Crippen molar-refractivity contribution in [3.63, 3.8) is 0 Å². The SMILES string of the molecule is C=C.CNC1CCSC1. The molecule has 0 aromatic rings. The molecule has 9 heavy (non-hydrogen) atoms. The van der Waals surface area contributed by atoms with Gasteiger partial charge < -0.3 is 5.32 Å². The number of thioether (sulfide) groups is 1. The second-order valence-electron chi connectivity index (χ2n) is 1.85. The van der Waals surface area contributed by atoms with Gasteiger partial charge in [-0.3, -0.25) is 0 Å². The minimum Gasteiger partial charge on any atom is -0.316 e. The van der Waals surface area contributed by atoms with Crippen molar-refractivity contribution in [1.82, 2.24) is 5.32 Å². The van der Waals surface area contributed by atoms with Crippen LogP contribution in [-0.4, -0.2) is 24.6 Å². The summed E-state index contributed by atoms with van der Waals surface area (Å²) in [5.74, 6) is 2.67. The molecule has 1 unspecified atom stereocenters. The van der Waals surface area contributed by atoms with Crippen molar-refractivity contribution < 1.29 is 0 Å². The Morgan fingerprint density at radius 1 is 1.56 bits per heavy atom. The van der Waals surface area contributed by atoms with Crippen LogP contribution in [-0.2, 0) is 0 Å². The van der Waals surface area contributed by atoms with Crippen LogP contribution in [0, 0.1) is 0 Å². The minimum absolute atomic E-state index is 0.810. The number of nitrogens with one attached hydrogen (secondary N) is 1. The van der Waals surface area contributed by atoms with Crippen LogP contribution in [0.15, 0.2) is 13.2 Å². The average Bonchev–Trinajstić information content (AvgIpc) is 2.43. The van der Waals surface area contributed by atoms with Crippen LogP contribution in [0.3, 0.4) is 0 Å². The van der Waals surface area contributed by atoms with Gasteiger partial charge in [-0.1, -0.05) is 0 Å². The lowest BCUT2D eigenvalue weighted by atomic mass is 10.3. The molecule has 1 aliphatic heterocycles. The van der Waals surface area contributed by atoms with E-state index in [4.69, 9.17) is 0 Å². The fraction of sp³-hybridized carbons (Fsp3) is 0.714. The predicted octanol–water partition coefficient (Wildman–Crippen LogP) is 1.51. The highest BCUT2D eigenvalue weighted by atomic mass is 32.2. The molecule has 1 fully saturated rings. The zero-order valence-corrected chi connectivity index (χ0v) is 6.84. The molecule has 1 N–H and O–H groups in total. The van der Waals surface area contributed by atoms with E-state index in [-0.39, 0.29) is 0 Å². The van der Waals surface area contributed by atoms with Crippen LogP contribution < -0.4 is 5.32 Å². The lowest BCUT2D eigenvalue weighted by molar-refractivity contribution is 0.624. The summed E-state index contributed by atoms with van der Waals surface area (Å²) in [5, 5.41) is 3.24. The Labute approximate surface area is 61.9 Å². The van der Waals surface area contributed by atoms with Crippen molar-refractivity contribution in [2.24, 2.45) is 0 Å². The van der Waals surface area contributed by atoms with E-state index in [0.717, 1.165) is 6.04 Å². The normalized spacial score (nSPS) is 24.8. The Morgan fingerprint density at radius 2 is 2.22 bits per heavy atom. The fourth-order valence-corrected chi connectivity index (χ4v) is 2.00. The van der Waals surface area contributed by atoms with Crippen LogP contribution in [0.25, 0.3) is 0 Å². The van der Waals surface area contributed by atoms with E-state index in [1.54, 1.807) is 0 Å². The summed E-state index contributed by atoms with van der Waals surface area (Å²) in [6, 6.07) is 0.810. The van der Waals surface area contributed by atoms with E-state index < -0.39 is 0 Å². The summed E-state index contributed by atoms with van der Waals surface area (Å²) in [4.78, 5) is 0. The van der Waals surface area contributed by atoms with E-state index in [1.165, 1.54) is 17.9 Å². The van der Waals surface area contributed by atoms with Gasteiger partial charge in [-0.05, 0) is 19.2 Å². The van der Waals surface area contributed by atoms with Crippen LogP contribution in [0.5, 0.6) is 0 Å². The van der Waals surface area contributed by atoms with Gasteiger partial charge in [0, 0.05) is 11.8 Å². The van der Waals surface area contributed by atoms with Gasteiger partial charge in [-0.25, -0.2) is 0 Å². The molecule has 1 heterocycles. The lowest BCUT2D eigenvalue weighted by Gasteiger charge is -2.02. The van der Waals surface area contributed by atoms with E-state index in [9.17, 15) is 0 Å². The molecule has 54 valence electrons. The molecule has 1 saturated heterocycles. The number of hydrogen-bond donors (Lipinski definition) is 1. The van der Waals surface area contributed by atoms with Crippen molar-refractivity contribution in [1.29, 1.82) is 0 Å². The van der Waals surface area contributed by atoms with E-state index in [1.807, 2.05) is 18.8 Å². The van der Waals surface area contributed by atoms with Crippen LogP contribution in [0.2, 0.25) is 0 Å². The van der Waals surface area contributed by atoms with Gasteiger partial charge in [0.25, 0.3) is 0 Å². The Bertz CT molecular complexity index is 59.9. The molecule has 0 spiro atoms. The second-order valence-corrected chi connectivity index (χ2v) is 3.00. The molecule has 1 atom stereocenters. The maximum Gasteiger partial charge on any atom is 0.0163 e. The molecule has 0 aromatic carbocycles. The van der Waals surface area contributed by atoms with Gasteiger partial charge in [0.15, 0.2) is 0 Å². The van der Waals surface area contributed by atoms with Gasteiger partial charge in [-0.15, -0.1) is 13.2 Å². The molecule has 0 saturated carbocycles. The first-order valence-electron chi connectivity index (χ1n) is 3.18. The zero-order chi connectivity index (χ0) is 7.11. The molecule has 0 aromatic heterocycles. The Hall–Kier alpha value is 0.0500. The van der Waals surface area contributed by atoms with Crippen molar-refractivity contribution >= 4 is 11.8 Å². The van der Waals surface area contributed by atoms with E-state index in [2.05, 4.69) is 18.5 Å². The summed E-state index contributed by atoms with van der Waals surface area (Å²) in [6.07, 6.45) is 1.36. The first-order valence-corrected chi connectivity index (χ1v) is 4.34. The third-order valence-corrected chi connectivity index (χ3v) is 2.50. The molecule has 2 heteroatoms. The Morgan fingerprint density at radius 3 is 2.44 bits per heavy atom. The monoisotopic (exact) mass is 145 g/mol. The molecular formula is C7H15NS. The smallest absolute Gasteiger partial charge is 0.0163 e. The molecule has 0 amide bonds. The summed E-state index contributed by atoms with van der Waals surface area (Å²) >= 11 is 2.04. The molecule has 0 radical (unpaired) electrons. The van der Waals surface area contributed by atoms with E-state index in [0.29, 0.717) is 0 Å². The van der Waals surface area contributed by atoms with Gasteiger partial charge in [0.2, 0.25) is 0 Å². The average molecular weight is 145 g/mol. The highest BCUT2D eigenvalue weighted by Gasteiger charge is 2.11. The standard InChI is InChI=1S/C5H11NS.C2H4/c1-6-5-2-3-7-4-5;1-2/h5-6H,2-4H2,1H3;1-2H2. The zero-order valence-electron chi connectivity index (χ0n) is 6.02. The maximum atomic E-state index is 3.24. The molecule has 1 rings (SSSR count). The van der Waals surface area contributed by atoms with Crippen molar-refractivity contribution in [2.75, 3.05) is 18.6 Å². The Balaban J connectivity index is 0.000000291. The summed E-state index contributed by atoms with van der Waals surface area (Å²) in [6.45, 7) is 6.00. The third kappa shape index (κ3) is 3.60. The van der Waals surface area contributed by atoms with Gasteiger partial charge in [0.1, 0.15) is 0 Å². The Kier molecular flexibility index (Phi) is 6.21. The first kappa shape index (κ1) is 9.05. The van der Waals surface area contributed by atoms with Crippen molar-refractivity contribution in [3.05, 3.63) is 13.2 Å². The highest BCUT2D eigenvalue weighted by Crippen LogP contribution is 2.15. The number of hydrogen-bond acceptors (Lipinski definition) is 2. The van der Waals surface area contributed by atoms with Crippen molar-refractivity contribution in [3.8, 4) is 0 Å². The predicted molar refractivity (Wildman–Crippen MR) is 46.0 cm³/mol. The van der Waals surface area contributed by atoms with Gasteiger partial charge >= 0.3 is 0 Å². The molecule has 0 bridgehead atoms. The summed E-state index contributed by atoms with van der Waals surface area (Å²) in [7, 11) is 2.04. The third-order valence-electron chi connectivity index (χ3n) is 1.34. The van der Waals surface area contributed by atoms with Gasteiger partial charge in [0.05, 0.1) is 0 Å². The molecule has 0 aliphatic carbocycles. The van der Waals surface area contributed by atoms with Crippen LogP contribution >= 0.6 is 11.8 Å². The lowest BCUT2D eigenvalue weighted by Crippen LogP contribution is -2.23. The quantitative estimate of drug-likeness (QED) is 0.561. The molecular weight excluding hydrogens is 130 g/mol. The van der Waals surface area contributed by atoms with Crippen molar-refractivity contribution in [2.45, 2.75) is 12.5 Å². The number of rotatable bonds is 1. The minimum atomic E-state index is 0.810. The highest BCUT2D eigenvalue weighted by molar-refractivity contribution is 7.99. The molecule has 1 aliphatic rings. The second kappa shape index (κ2) is 6.17. The molecule has 1 nitrogen and oxygen atoms in total.